The summed E-state index contributed by atoms with van der Waals surface area (Å²) in [5.41, 5.74) is 6.78. The van der Waals surface area contributed by atoms with Crippen LogP contribution in [0.15, 0.2) is 28.8 Å². The summed E-state index contributed by atoms with van der Waals surface area (Å²) in [5, 5.41) is 0. The summed E-state index contributed by atoms with van der Waals surface area (Å²) in [6.45, 7) is 2.03. The lowest BCUT2D eigenvalue weighted by atomic mass is 9.89. The van der Waals surface area contributed by atoms with Gasteiger partial charge in [-0.3, -0.25) is 4.79 Å². The zero-order valence-corrected chi connectivity index (χ0v) is 8.05. The second-order valence-corrected chi connectivity index (χ2v) is 3.65. The lowest BCUT2D eigenvalue weighted by Crippen LogP contribution is -2.21. The van der Waals surface area contributed by atoms with Crippen molar-refractivity contribution in [3.8, 4) is 0 Å². The molecule has 2 nitrogen and oxygen atoms in total. The van der Waals surface area contributed by atoms with Crippen molar-refractivity contribution >= 4 is 5.78 Å². The van der Waals surface area contributed by atoms with Crippen molar-refractivity contribution in [1.82, 2.24) is 4.90 Å². The minimum Gasteiger partial charge on any atom is -0.347 e. The van der Waals surface area contributed by atoms with Gasteiger partial charge in [0.05, 0.1) is 0 Å². The SMILES string of the molecule is CC1=C=CN(C)C2=C1CC(=O)CC2. The first kappa shape index (κ1) is 8.33. The van der Waals surface area contributed by atoms with Gasteiger partial charge in [-0.2, -0.15) is 0 Å². The predicted octanol–water partition coefficient (Wildman–Crippen LogP) is 2.00. The van der Waals surface area contributed by atoms with Crippen molar-refractivity contribution in [2.24, 2.45) is 0 Å². The Morgan fingerprint density at radius 2 is 2.23 bits per heavy atom. The summed E-state index contributed by atoms with van der Waals surface area (Å²) in [6, 6.07) is 0. The molecular formula is C11H13NO. The highest BCUT2D eigenvalue weighted by Gasteiger charge is 2.22. The van der Waals surface area contributed by atoms with Gasteiger partial charge >= 0.3 is 0 Å². The Morgan fingerprint density at radius 1 is 1.46 bits per heavy atom. The van der Waals surface area contributed by atoms with Crippen molar-refractivity contribution in [2.45, 2.75) is 26.2 Å². The molecule has 0 radical (unpaired) electrons. The van der Waals surface area contributed by atoms with E-state index in [1.54, 1.807) is 0 Å². The van der Waals surface area contributed by atoms with Gasteiger partial charge < -0.3 is 4.90 Å². The number of Topliss-reactive ketones (excluding diaryl/α,β-unsaturated/α-hetero) is 1. The van der Waals surface area contributed by atoms with Gasteiger partial charge in [0.2, 0.25) is 0 Å². The zero-order valence-electron chi connectivity index (χ0n) is 8.05. The van der Waals surface area contributed by atoms with E-state index in [0.717, 1.165) is 12.0 Å². The maximum Gasteiger partial charge on any atom is 0.137 e. The summed E-state index contributed by atoms with van der Waals surface area (Å²) in [4.78, 5) is 13.3. The van der Waals surface area contributed by atoms with Gasteiger partial charge in [0.1, 0.15) is 5.78 Å². The molecule has 0 aromatic rings. The van der Waals surface area contributed by atoms with E-state index in [4.69, 9.17) is 0 Å². The Kier molecular flexibility index (Phi) is 1.86. The average Bonchev–Trinajstić information content (AvgIpc) is 2.12. The maximum atomic E-state index is 11.3. The van der Waals surface area contributed by atoms with E-state index < -0.39 is 0 Å². The van der Waals surface area contributed by atoms with Crippen molar-refractivity contribution < 1.29 is 4.79 Å². The van der Waals surface area contributed by atoms with Crippen molar-refractivity contribution in [1.29, 1.82) is 0 Å². The third kappa shape index (κ3) is 1.34. The molecule has 0 bridgehead atoms. The molecule has 0 saturated heterocycles. The number of carbonyl (C=O) groups excluding carboxylic acids is 1. The first-order valence-corrected chi connectivity index (χ1v) is 4.59. The second-order valence-electron chi connectivity index (χ2n) is 3.65. The highest BCUT2D eigenvalue weighted by Crippen LogP contribution is 2.31. The van der Waals surface area contributed by atoms with Crippen LogP contribution in [0.3, 0.4) is 0 Å². The van der Waals surface area contributed by atoms with Gasteiger partial charge in [-0.15, -0.1) is 0 Å². The monoisotopic (exact) mass is 175 g/mol. The van der Waals surface area contributed by atoms with Crippen LogP contribution in [0, 0.1) is 0 Å². The number of hydrogen-bond acceptors (Lipinski definition) is 2. The van der Waals surface area contributed by atoms with Gasteiger partial charge in [0.25, 0.3) is 0 Å². The number of nitrogens with zero attached hydrogens (tertiary/aromatic N) is 1. The number of rotatable bonds is 0. The Hall–Kier alpha value is -1.27. The summed E-state index contributed by atoms with van der Waals surface area (Å²) in [5.74, 6) is 0.357. The lowest BCUT2D eigenvalue weighted by molar-refractivity contribution is -0.118. The van der Waals surface area contributed by atoms with Crippen molar-refractivity contribution in [2.75, 3.05) is 7.05 Å². The molecule has 0 fully saturated rings. The third-order valence-corrected chi connectivity index (χ3v) is 2.72. The average molecular weight is 175 g/mol. The molecule has 13 heavy (non-hydrogen) atoms. The summed E-state index contributed by atoms with van der Waals surface area (Å²) >= 11 is 0. The Morgan fingerprint density at radius 3 is 3.00 bits per heavy atom. The van der Waals surface area contributed by atoms with Crippen LogP contribution in [0.1, 0.15) is 26.2 Å². The standard InChI is InChI=1S/C11H13NO/c1-8-5-6-12(2)11-4-3-9(13)7-10(8)11/h6H,3-4,7H2,1-2H3. The molecule has 0 saturated carbocycles. The highest BCUT2D eigenvalue weighted by molar-refractivity contribution is 5.84. The molecular weight excluding hydrogens is 162 g/mol. The molecule has 0 spiro atoms. The van der Waals surface area contributed by atoms with Crippen molar-refractivity contribution in [3.63, 3.8) is 0 Å². The van der Waals surface area contributed by atoms with Crippen molar-refractivity contribution in [3.05, 3.63) is 28.8 Å². The van der Waals surface area contributed by atoms with Crippen LogP contribution in [0.5, 0.6) is 0 Å². The smallest absolute Gasteiger partial charge is 0.137 e. The molecule has 1 aliphatic heterocycles. The van der Waals surface area contributed by atoms with E-state index >= 15 is 0 Å². The van der Waals surface area contributed by atoms with Gasteiger partial charge in [-0.25, -0.2) is 0 Å². The predicted molar refractivity (Wildman–Crippen MR) is 50.9 cm³/mol. The Balaban J connectivity index is 2.45. The number of ketones is 1. The van der Waals surface area contributed by atoms with Crippen LogP contribution in [-0.4, -0.2) is 17.7 Å². The molecule has 1 heterocycles. The number of carbonyl (C=O) groups is 1. The Labute approximate surface area is 78.2 Å². The topological polar surface area (TPSA) is 20.3 Å². The van der Waals surface area contributed by atoms with Crippen LogP contribution in [0.25, 0.3) is 0 Å². The summed E-state index contributed by atoms with van der Waals surface area (Å²) in [7, 11) is 2.02. The molecule has 0 amide bonds. The van der Waals surface area contributed by atoms with Crippen LogP contribution >= 0.6 is 0 Å². The fourth-order valence-electron chi connectivity index (χ4n) is 1.89. The zero-order chi connectivity index (χ0) is 9.42. The van der Waals surface area contributed by atoms with Gasteiger partial charge in [-0.1, -0.05) is 5.73 Å². The third-order valence-electron chi connectivity index (χ3n) is 2.72. The first-order valence-electron chi connectivity index (χ1n) is 4.59. The largest absolute Gasteiger partial charge is 0.347 e. The molecule has 0 N–H and O–H groups in total. The molecule has 0 aromatic carbocycles. The van der Waals surface area contributed by atoms with Crippen LogP contribution in [0.4, 0.5) is 0 Å². The fraction of sp³-hybridized carbons (Fsp3) is 0.455. The highest BCUT2D eigenvalue weighted by atomic mass is 16.1. The van der Waals surface area contributed by atoms with E-state index in [1.807, 2.05) is 20.2 Å². The van der Waals surface area contributed by atoms with Crippen LogP contribution in [0.2, 0.25) is 0 Å². The quantitative estimate of drug-likeness (QED) is 0.525. The van der Waals surface area contributed by atoms with Crippen LogP contribution < -0.4 is 0 Å². The number of hydrogen-bond donors (Lipinski definition) is 0. The minimum atomic E-state index is 0.357. The van der Waals surface area contributed by atoms with Crippen LogP contribution in [-0.2, 0) is 4.79 Å². The molecule has 2 aliphatic rings. The van der Waals surface area contributed by atoms with Gasteiger partial charge in [0.15, 0.2) is 0 Å². The van der Waals surface area contributed by atoms with E-state index in [2.05, 4.69) is 10.6 Å². The summed E-state index contributed by atoms with van der Waals surface area (Å²) in [6.07, 6.45) is 4.14. The Bertz CT molecular complexity index is 356. The minimum absolute atomic E-state index is 0.357. The molecule has 68 valence electrons. The van der Waals surface area contributed by atoms with E-state index in [-0.39, 0.29) is 0 Å². The molecule has 0 atom stereocenters. The number of allylic oxidation sites excluding steroid dienone is 3. The van der Waals surface area contributed by atoms with E-state index in [0.29, 0.717) is 18.6 Å². The molecule has 0 unspecified atom stereocenters. The van der Waals surface area contributed by atoms with E-state index in [1.165, 1.54) is 11.3 Å². The second kappa shape index (κ2) is 2.90. The summed E-state index contributed by atoms with van der Waals surface area (Å²) < 4.78 is 0. The normalized spacial score (nSPS) is 21.8. The lowest BCUT2D eigenvalue weighted by Gasteiger charge is -2.28. The van der Waals surface area contributed by atoms with Gasteiger partial charge in [-0.05, 0) is 24.5 Å². The molecule has 2 rings (SSSR count). The molecule has 1 aliphatic carbocycles. The van der Waals surface area contributed by atoms with Gasteiger partial charge in [0, 0.05) is 31.8 Å². The van der Waals surface area contributed by atoms with E-state index in [9.17, 15) is 4.79 Å². The molecule has 0 aromatic heterocycles. The fourth-order valence-corrected chi connectivity index (χ4v) is 1.89. The first-order chi connectivity index (χ1) is 6.18. The maximum absolute atomic E-state index is 11.3. The molecule has 2 heteroatoms.